The number of ether oxygens (including phenoxy) is 1. The van der Waals surface area contributed by atoms with Gasteiger partial charge < -0.3 is 32.4 Å². The number of carbonyl (C=O) groups excluding carboxylic acids is 3. The summed E-state index contributed by atoms with van der Waals surface area (Å²) in [5.41, 5.74) is 19.4. The van der Waals surface area contributed by atoms with E-state index in [4.69, 9.17) is 21.9 Å². The van der Waals surface area contributed by atoms with Gasteiger partial charge in [0.1, 0.15) is 17.7 Å². The molecular weight excluding hydrogens is 673 g/mol. The van der Waals surface area contributed by atoms with Crippen molar-refractivity contribution >= 4 is 29.3 Å². The van der Waals surface area contributed by atoms with E-state index in [2.05, 4.69) is 33.0 Å². The summed E-state index contributed by atoms with van der Waals surface area (Å²) >= 11 is 1.42. The summed E-state index contributed by atoms with van der Waals surface area (Å²) in [6.07, 6.45) is 4.75. The normalized spacial score (nSPS) is 32.1. The zero-order chi connectivity index (χ0) is 37.7. The Morgan fingerprint density at radius 3 is 2.37 bits per heavy atom. The number of aliphatic hydroxyl groups excluding tert-OH is 1. The van der Waals surface area contributed by atoms with Gasteiger partial charge in [0, 0.05) is 47.6 Å². The van der Waals surface area contributed by atoms with Crippen LogP contribution in [0.4, 0.5) is 0 Å². The summed E-state index contributed by atoms with van der Waals surface area (Å²) in [7, 11) is 0. The van der Waals surface area contributed by atoms with E-state index >= 15 is 0 Å². The van der Waals surface area contributed by atoms with Crippen molar-refractivity contribution in [2.45, 2.75) is 115 Å². The Labute approximate surface area is 315 Å². The van der Waals surface area contributed by atoms with Crippen molar-refractivity contribution in [3.8, 4) is 0 Å². The molecule has 0 aliphatic heterocycles. The quantitative estimate of drug-likeness (QED) is 0.0902. The van der Waals surface area contributed by atoms with Gasteiger partial charge in [-0.15, -0.1) is 11.8 Å². The summed E-state index contributed by atoms with van der Waals surface area (Å²) in [4.78, 5) is 41.2. The molecule has 5 rings (SSSR count). The number of thioether (sulfide) groups is 1. The van der Waals surface area contributed by atoms with Crippen molar-refractivity contribution in [3.05, 3.63) is 65.2 Å². The fourth-order valence-corrected chi connectivity index (χ4v) is 10.5. The van der Waals surface area contributed by atoms with Crippen LogP contribution in [-0.2, 0) is 38.5 Å². The number of rotatable bonds is 16. The minimum atomic E-state index is -0.654. The topological polar surface area (TPSA) is 171 Å². The predicted molar refractivity (Wildman–Crippen MR) is 207 cm³/mol. The fraction of sp³-hybridized carbons (Fsp3) is 0.643. The molecule has 2 bridgehead atoms. The summed E-state index contributed by atoms with van der Waals surface area (Å²) < 4.78 is 6.51. The molecule has 3 aliphatic rings. The Morgan fingerprint density at radius 2 is 1.69 bits per heavy atom. The molecule has 9 nitrogen and oxygen atoms in total. The second-order valence-electron chi connectivity index (χ2n) is 16.6. The summed E-state index contributed by atoms with van der Waals surface area (Å²) in [5, 5.41) is 15.6. The van der Waals surface area contributed by atoms with Crippen molar-refractivity contribution in [2.24, 2.45) is 51.2 Å². The van der Waals surface area contributed by atoms with Crippen LogP contribution in [0.1, 0.15) is 89.3 Å². The maximum atomic E-state index is 13.8. The molecule has 1 unspecified atom stereocenters. The third kappa shape index (κ3) is 8.53. The van der Waals surface area contributed by atoms with Gasteiger partial charge in [-0.2, -0.15) is 0 Å². The highest BCUT2D eigenvalue weighted by Gasteiger charge is 2.68. The van der Waals surface area contributed by atoms with Gasteiger partial charge in [0.25, 0.3) is 0 Å². The molecule has 10 heteroatoms. The maximum absolute atomic E-state index is 13.8. The lowest BCUT2D eigenvalue weighted by molar-refractivity contribution is -0.210. The van der Waals surface area contributed by atoms with Gasteiger partial charge in [-0.05, 0) is 104 Å². The average Bonchev–Trinajstić information content (AvgIpc) is 3.50. The Bertz CT molecular complexity index is 1540. The van der Waals surface area contributed by atoms with E-state index in [1.807, 2.05) is 48.5 Å². The van der Waals surface area contributed by atoms with Gasteiger partial charge in [0.2, 0.25) is 0 Å². The molecule has 3 fully saturated rings. The van der Waals surface area contributed by atoms with Gasteiger partial charge in [-0.1, -0.05) is 64.1 Å². The average molecular weight is 735 g/mol. The molecule has 2 aromatic carbocycles. The highest BCUT2D eigenvalue weighted by Crippen LogP contribution is 2.67. The zero-order valence-corrected chi connectivity index (χ0v) is 32.5. The van der Waals surface area contributed by atoms with Crippen LogP contribution in [0.15, 0.2) is 53.4 Å². The molecular formula is C42H62N4O5S. The van der Waals surface area contributed by atoms with E-state index in [-0.39, 0.29) is 46.5 Å². The largest absolute Gasteiger partial charge is 0.461 e. The highest BCUT2D eigenvalue weighted by atomic mass is 32.2. The van der Waals surface area contributed by atoms with Crippen molar-refractivity contribution in [2.75, 3.05) is 25.4 Å². The van der Waals surface area contributed by atoms with E-state index in [0.717, 1.165) is 53.8 Å². The Balaban J connectivity index is 1.22. The molecule has 2 aromatic rings. The molecule has 0 aromatic heterocycles. The number of benzene rings is 2. The summed E-state index contributed by atoms with van der Waals surface area (Å²) in [6, 6.07) is 15.3. The van der Waals surface area contributed by atoms with Crippen LogP contribution >= 0.6 is 11.8 Å². The van der Waals surface area contributed by atoms with Gasteiger partial charge >= 0.3 is 5.97 Å². The molecule has 9 atom stereocenters. The predicted octanol–water partition coefficient (Wildman–Crippen LogP) is 4.97. The molecule has 52 heavy (non-hydrogen) atoms. The summed E-state index contributed by atoms with van der Waals surface area (Å²) in [5.74, 6) is -0.00410. The molecule has 3 aliphatic carbocycles. The van der Waals surface area contributed by atoms with Crippen molar-refractivity contribution in [1.82, 2.24) is 5.32 Å². The van der Waals surface area contributed by atoms with Gasteiger partial charge in [0.05, 0.1) is 17.9 Å². The number of aryl methyl sites for hydroxylation is 1. The van der Waals surface area contributed by atoms with E-state index < -0.39 is 29.1 Å². The molecule has 3 saturated carbocycles. The van der Waals surface area contributed by atoms with Crippen LogP contribution in [0.2, 0.25) is 0 Å². The smallest absolute Gasteiger partial charge is 0.316 e. The number of Topliss-reactive ketones (excluding diaryl/α,β-unsaturated/α-hetero) is 2. The number of ketones is 2. The lowest BCUT2D eigenvalue weighted by Crippen LogP contribution is -2.64. The van der Waals surface area contributed by atoms with E-state index in [1.165, 1.54) is 11.8 Å². The van der Waals surface area contributed by atoms with E-state index in [0.29, 0.717) is 51.7 Å². The molecule has 0 heterocycles. The second kappa shape index (κ2) is 17.2. The van der Waals surface area contributed by atoms with E-state index in [9.17, 15) is 19.5 Å². The molecule has 0 radical (unpaired) electrons. The standard InChI is InChI=1S/C42H62N4O5S/c1-27-16-18-42-19-17-35(48)38(42)41(27,4)36(23-40(3,39(50)28(42)2)26-46-21-5-20-43)51-37(49)25-52-32-13-10-29(11-14-32)12-15-34(47)33(45)22-30-6-8-31(24-44)9-7-30/h6-11,13-14,27-28,33,36,38-39,46,50H,5,12,15-26,43-45H2,1-4H3/t27-,28+,33?,36-,38+,39+,40-,41+,42+/m1/s1. The second-order valence-corrected chi connectivity index (χ2v) is 17.6. The van der Waals surface area contributed by atoms with Gasteiger partial charge in [0.15, 0.2) is 0 Å². The van der Waals surface area contributed by atoms with Crippen LogP contribution in [0.3, 0.4) is 0 Å². The first kappa shape index (κ1) is 40.6. The first-order valence-corrected chi connectivity index (χ1v) is 20.3. The van der Waals surface area contributed by atoms with Crippen LogP contribution in [-0.4, -0.2) is 66.3 Å². The number of carbonyl (C=O) groups is 3. The van der Waals surface area contributed by atoms with Crippen LogP contribution in [0.5, 0.6) is 0 Å². The fourth-order valence-electron chi connectivity index (χ4n) is 9.85. The molecule has 8 N–H and O–H groups in total. The third-order valence-electron chi connectivity index (χ3n) is 13.3. The minimum Gasteiger partial charge on any atom is -0.461 e. The number of nitrogens with two attached hydrogens (primary N) is 3. The van der Waals surface area contributed by atoms with Crippen molar-refractivity contribution in [3.63, 3.8) is 0 Å². The molecule has 286 valence electrons. The Morgan fingerprint density at radius 1 is 1.02 bits per heavy atom. The highest BCUT2D eigenvalue weighted by molar-refractivity contribution is 8.00. The summed E-state index contributed by atoms with van der Waals surface area (Å²) in [6.45, 7) is 11.1. The lowest BCUT2D eigenvalue weighted by atomic mass is 9.44. The zero-order valence-electron chi connectivity index (χ0n) is 31.7. The monoisotopic (exact) mass is 734 g/mol. The van der Waals surface area contributed by atoms with Crippen molar-refractivity contribution < 1.29 is 24.2 Å². The lowest BCUT2D eigenvalue weighted by Gasteiger charge is -2.62. The Kier molecular flexibility index (Phi) is 13.5. The molecule has 0 spiro atoms. The van der Waals surface area contributed by atoms with Gasteiger partial charge in [-0.25, -0.2) is 0 Å². The van der Waals surface area contributed by atoms with Crippen LogP contribution in [0, 0.1) is 34.0 Å². The Hall–Kier alpha value is -2.60. The number of hydrogen-bond donors (Lipinski definition) is 5. The molecule has 0 saturated heterocycles. The maximum Gasteiger partial charge on any atom is 0.316 e. The third-order valence-corrected chi connectivity index (χ3v) is 14.3. The first-order valence-electron chi connectivity index (χ1n) is 19.4. The number of nitrogens with one attached hydrogen (secondary N) is 1. The molecule has 0 amide bonds. The first-order chi connectivity index (χ1) is 24.8. The van der Waals surface area contributed by atoms with Crippen LogP contribution < -0.4 is 22.5 Å². The minimum absolute atomic E-state index is 0.0280. The van der Waals surface area contributed by atoms with Crippen LogP contribution in [0.25, 0.3) is 0 Å². The number of aliphatic hydroxyl groups is 1. The SMILES string of the molecule is C[C@@H]1CC[C@@]23CCC(=O)[C@H]2[C@]1(C)[C@H](OC(=O)CSc1ccc(CCC(=O)C(N)Cc2ccc(CN)cc2)cc1)C[C@](C)(CNCCCN)[C@@H](O)[C@@H]3C. The number of esters is 1. The van der Waals surface area contributed by atoms with Crippen molar-refractivity contribution in [1.29, 1.82) is 0 Å². The van der Waals surface area contributed by atoms with Gasteiger partial charge in [-0.3, -0.25) is 14.4 Å². The number of hydrogen-bond acceptors (Lipinski definition) is 10. The van der Waals surface area contributed by atoms with E-state index in [1.54, 1.807) is 0 Å².